The molecule has 1 heterocycles. The van der Waals surface area contributed by atoms with E-state index in [1.165, 1.54) is 61.7 Å². The van der Waals surface area contributed by atoms with E-state index < -0.39 is 15.9 Å². The van der Waals surface area contributed by atoms with Gasteiger partial charge in [-0.25, -0.2) is 4.72 Å². The summed E-state index contributed by atoms with van der Waals surface area (Å²) < 4.78 is 27.9. The van der Waals surface area contributed by atoms with Crippen LogP contribution in [0.3, 0.4) is 0 Å². The maximum atomic E-state index is 12.3. The van der Waals surface area contributed by atoms with E-state index in [0.29, 0.717) is 11.8 Å². The maximum Gasteiger partial charge on any atom is 0.281 e. The van der Waals surface area contributed by atoms with Crippen LogP contribution in [0.15, 0.2) is 28.9 Å². The molecule has 0 unspecified atom stereocenters. The Morgan fingerprint density at radius 1 is 1.22 bits per heavy atom. The van der Waals surface area contributed by atoms with Crippen molar-refractivity contribution in [3.63, 3.8) is 0 Å². The van der Waals surface area contributed by atoms with Crippen LogP contribution in [-0.4, -0.2) is 24.1 Å². The lowest BCUT2D eigenvalue weighted by atomic mass is 9.54. The SMILES string of the molecule is Cn1nccc1S(=O)(=O)NC(=O)C=C1C2CC3CC(C2)CC1C3. The quantitative estimate of drug-likeness (QED) is 0.851. The molecule has 5 rings (SSSR count). The maximum absolute atomic E-state index is 12.3. The largest absolute Gasteiger partial charge is 0.281 e. The first-order valence-electron chi connectivity index (χ1n) is 8.18. The highest BCUT2D eigenvalue weighted by atomic mass is 32.2. The Morgan fingerprint density at radius 2 is 1.83 bits per heavy atom. The summed E-state index contributed by atoms with van der Waals surface area (Å²) in [5.74, 6) is 2.06. The Kier molecular flexibility index (Phi) is 3.37. The van der Waals surface area contributed by atoms with Crippen LogP contribution in [0.1, 0.15) is 32.1 Å². The van der Waals surface area contributed by atoms with Crippen molar-refractivity contribution in [2.75, 3.05) is 0 Å². The van der Waals surface area contributed by atoms with Crippen LogP contribution in [0, 0.1) is 23.7 Å². The molecule has 0 aliphatic heterocycles. The zero-order valence-corrected chi connectivity index (χ0v) is 13.9. The molecule has 0 saturated heterocycles. The smallest absolute Gasteiger partial charge is 0.269 e. The summed E-state index contributed by atoms with van der Waals surface area (Å²) in [5.41, 5.74) is 1.18. The van der Waals surface area contributed by atoms with Gasteiger partial charge in [0.1, 0.15) is 0 Å². The van der Waals surface area contributed by atoms with Crippen LogP contribution in [0.2, 0.25) is 0 Å². The highest BCUT2D eigenvalue weighted by Crippen LogP contribution is 2.56. The molecule has 1 N–H and O–H groups in total. The Hall–Kier alpha value is -1.63. The van der Waals surface area contributed by atoms with E-state index >= 15 is 0 Å². The topological polar surface area (TPSA) is 81.1 Å². The highest BCUT2D eigenvalue weighted by Gasteiger charge is 2.45. The molecular weight excluding hydrogens is 314 g/mol. The van der Waals surface area contributed by atoms with Gasteiger partial charge in [0.05, 0.1) is 6.20 Å². The summed E-state index contributed by atoms with van der Waals surface area (Å²) >= 11 is 0. The zero-order chi connectivity index (χ0) is 16.2. The lowest BCUT2D eigenvalue weighted by molar-refractivity contribution is -0.115. The molecule has 4 bridgehead atoms. The summed E-state index contributed by atoms with van der Waals surface area (Å²) in [5, 5.41) is 3.83. The predicted molar refractivity (Wildman–Crippen MR) is 83.7 cm³/mol. The van der Waals surface area contributed by atoms with Crippen molar-refractivity contribution in [3.05, 3.63) is 23.9 Å². The van der Waals surface area contributed by atoms with Crippen molar-refractivity contribution in [1.82, 2.24) is 14.5 Å². The molecule has 0 atom stereocenters. The molecule has 4 aliphatic carbocycles. The van der Waals surface area contributed by atoms with E-state index in [1.807, 2.05) is 0 Å². The van der Waals surface area contributed by atoms with Gasteiger partial charge in [-0.05, 0) is 61.8 Å². The summed E-state index contributed by atoms with van der Waals surface area (Å²) in [6.07, 6.45) is 8.97. The molecule has 0 radical (unpaired) electrons. The van der Waals surface area contributed by atoms with E-state index in [9.17, 15) is 13.2 Å². The van der Waals surface area contributed by atoms with E-state index in [-0.39, 0.29) is 5.03 Å². The van der Waals surface area contributed by atoms with Crippen LogP contribution < -0.4 is 4.72 Å². The molecule has 4 saturated carbocycles. The van der Waals surface area contributed by atoms with Crippen molar-refractivity contribution >= 4 is 15.9 Å². The predicted octanol–water partition coefficient (Wildman–Crippen LogP) is 1.61. The van der Waals surface area contributed by atoms with Gasteiger partial charge in [0.2, 0.25) is 0 Å². The van der Waals surface area contributed by atoms with Gasteiger partial charge in [0.15, 0.2) is 5.03 Å². The number of nitrogens with zero attached hydrogens (tertiary/aromatic N) is 2. The molecule has 4 fully saturated rings. The Balaban J connectivity index is 1.53. The molecule has 1 amide bonds. The van der Waals surface area contributed by atoms with E-state index in [0.717, 1.165) is 11.8 Å². The van der Waals surface area contributed by atoms with Gasteiger partial charge in [0, 0.05) is 13.1 Å². The van der Waals surface area contributed by atoms with Crippen molar-refractivity contribution in [2.24, 2.45) is 30.7 Å². The molecule has 0 aromatic carbocycles. The second-order valence-electron chi connectivity index (χ2n) is 7.21. The first-order chi connectivity index (χ1) is 10.9. The third-order valence-electron chi connectivity index (χ3n) is 5.66. The number of nitrogens with one attached hydrogen (secondary N) is 1. The minimum absolute atomic E-state index is 0.00525. The average Bonchev–Trinajstić information content (AvgIpc) is 2.88. The van der Waals surface area contributed by atoms with Crippen LogP contribution in [0.25, 0.3) is 0 Å². The normalized spacial score (nSPS) is 32.1. The Labute approximate surface area is 136 Å². The second-order valence-corrected chi connectivity index (χ2v) is 8.84. The minimum Gasteiger partial charge on any atom is -0.269 e. The number of aromatic nitrogens is 2. The van der Waals surface area contributed by atoms with Gasteiger partial charge in [0.25, 0.3) is 15.9 Å². The zero-order valence-electron chi connectivity index (χ0n) is 13.1. The van der Waals surface area contributed by atoms with Crippen LogP contribution in [0.5, 0.6) is 0 Å². The Bertz CT molecular complexity index is 748. The first-order valence-corrected chi connectivity index (χ1v) is 9.67. The number of allylic oxidation sites excluding steroid dienone is 1. The highest BCUT2D eigenvalue weighted by molar-refractivity contribution is 7.90. The summed E-state index contributed by atoms with van der Waals surface area (Å²) in [4.78, 5) is 12.3. The fourth-order valence-electron chi connectivity index (χ4n) is 4.95. The molecule has 7 heteroatoms. The third kappa shape index (κ3) is 2.60. The monoisotopic (exact) mass is 335 g/mol. The van der Waals surface area contributed by atoms with Crippen molar-refractivity contribution < 1.29 is 13.2 Å². The van der Waals surface area contributed by atoms with E-state index in [1.54, 1.807) is 6.08 Å². The van der Waals surface area contributed by atoms with Crippen LogP contribution in [-0.2, 0) is 21.9 Å². The Morgan fingerprint density at radius 3 is 2.35 bits per heavy atom. The fraction of sp³-hybridized carbons (Fsp3) is 0.625. The molecule has 23 heavy (non-hydrogen) atoms. The van der Waals surface area contributed by atoms with E-state index in [2.05, 4.69) is 9.82 Å². The molecule has 4 aliphatic rings. The molecule has 124 valence electrons. The number of carbonyl (C=O) groups excluding carboxylic acids is 1. The summed E-state index contributed by atoms with van der Waals surface area (Å²) in [7, 11) is -2.33. The lowest BCUT2D eigenvalue weighted by Crippen LogP contribution is -2.41. The molecule has 0 spiro atoms. The van der Waals surface area contributed by atoms with Crippen LogP contribution >= 0.6 is 0 Å². The second kappa shape index (κ2) is 5.19. The van der Waals surface area contributed by atoms with Gasteiger partial charge in [-0.1, -0.05) is 5.57 Å². The van der Waals surface area contributed by atoms with Gasteiger partial charge in [-0.15, -0.1) is 0 Å². The molecular formula is C16H21N3O3S. The third-order valence-corrected chi connectivity index (χ3v) is 7.09. The molecule has 6 nitrogen and oxygen atoms in total. The number of carbonyl (C=O) groups is 1. The average molecular weight is 335 g/mol. The molecule has 1 aromatic heterocycles. The number of hydrogen-bond donors (Lipinski definition) is 1. The number of hydrogen-bond acceptors (Lipinski definition) is 4. The first kappa shape index (κ1) is 14.9. The van der Waals surface area contributed by atoms with Gasteiger partial charge >= 0.3 is 0 Å². The minimum atomic E-state index is -3.87. The van der Waals surface area contributed by atoms with Crippen molar-refractivity contribution in [2.45, 2.75) is 37.1 Å². The number of amides is 1. The van der Waals surface area contributed by atoms with Crippen molar-refractivity contribution in [3.8, 4) is 0 Å². The van der Waals surface area contributed by atoms with Crippen molar-refractivity contribution in [1.29, 1.82) is 0 Å². The summed E-state index contributed by atoms with van der Waals surface area (Å²) in [6, 6.07) is 1.38. The van der Waals surface area contributed by atoms with Gasteiger partial charge < -0.3 is 0 Å². The standard InChI is InChI=1S/C16H21N3O3S/c1-19-16(2-3-17-19)23(21,22)18-15(20)9-14-12-5-10-4-11(7-12)8-13(14)6-10/h2-3,9-13H,4-8H2,1H3,(H,18,20). The number of rotatable bonds is 3. The van der Waals surface area contributed by atoms with Crippen LogP contribution in [0.4, 0.5) is 0 Å². The number of aryl methyl sites for hydroxylation is 1. The molecule has 1 aromatic rings. The van der Waals surface area contributed by atoms with Gasteiger partial charge in [-0.2, -0.15) is 13.5 Å². The van der Waals surface area contributed by atoms with Gasteiger partial charge in [-0.3, -0.25) is 9.48 Å². The lowest BCUT2D eigenvalue weighted by Gasteiger charge is -2.51. The number of sulfonamides is 1. The van der Waals surface area contributed by atoms with E-state index in [4.69, 9.17) is 0 Å². The fourth-order valence-corrected chi connectivity index (χ4v) is 6.02. The summed E-state index contributed by atoms with van der Waals surface area (Å²) in [6.45, 7) is 0.